The highest BCUT2D eigenvalue weighted by Crippen LogP contribution is 2.29. The smallest absolute Gasteiger partial charge is 0.296 e. The van der Waals surface area contributed by atoms with Gasteiger partial charge in [-0.2, -0.15) is 0 Å². The molecule has 2 aromatic carbocycles. The maximum atomic E-state index is 11.9. The van der Waals surface area contributed by atoms with Gasteiger partial charge in [0.15, 0.2) is 6.61 Å². The number of nitrogens with zero attached hydrogens (tertiary/aromatic N) is 1. The molecule has 0 radical (unpaired) electrons. The largest absolute Gasteiger partial charge is 0.494 e. The number of aryl methyl sites for hydroxylation is 1. The Balaban J connectivity index is 2.02. The molecular formula is C17H18N2O5. The van der Waals surface area contributed by atoms with Gasteiger partial charge in [-0.1, -0.05) is 17.7 Å². The first-order valence-electron chi connectivity index (χ1n) is 7.40. The third kappa shape index (κ3) is 4.70. The molecule has 0 bridgehead atoms. The number of benzene rings is 2. The van der Waals surface area contributed by atoms with E-state index in [9.17, 15) is 14.9 Å². The van der Waals surface area contributed by atoms with Crippen LogP contribution in [0.3, 0.4) is 0 Å². The lowest BCUT2D eigenvalue weighted by molar-refractivity contribution is -0.384. The van der Waals surface area contributed by atoms with Gasteiger partial charge in [0.2, 0.25) is 0 Å². The summed E-state index contributed by atoms with van der Waals surface area (Å²) in [4.78, 5) is 22.5. The van der Waals surface area contributed by atoms with Crippen LogP contribution in [0.2, 0.25) is 0 Å². The molecule has 0 heterocycles. The lowest BCUT2D eigenvalue weighted by atomic mass is 10.2. The van der Waals surface area contributed by atoms with Crippen molar-refractivity contribution in [1.29, 1.82) is 0 Å². The van der Waals surface area contributed by atoms with Gasteiger partial charge < -0.3 is 14.8 Å². The average Bonchev–Trinajstić information content (AvgIpc) is 2.56. The van der Waals surface area contributed by atoms with Gasteiger partial charge in [-0.15, -0.1) is 0 Å². The Hall–Kier alpha value is -3.09. The summed E-state index contributed by atoms with van der Waals surface area (Å²) < 4.78 is 10.6. The summed E-state index contributed by atoms with van der Waals surface area (Å²) in [5.74, 6) is 0.442. The molecule has 0 fully saturated rings. The number of rotatable bonds is 7. The summed E-state index contributed by atoms with van der Waals surface area (Å²) in [6.45, 7) is 3.88. The molecule has 7 nitrogen and oxygen atoms in total. The Morgan fingerprint density at radius 2 is 1.79 bits per heavy atom. The number of amides is 1. The molecule has 0 aliphatic carbocycles. The first-order valence-corrected chi connectivity index (χ1v) is 7.40. The fourth-order valence-electron chi connectivity index (χ4n) is 1.99. The predicted octanol–water partition coefficient (Wildman–Crippen LogP) is 3.32. The first-order chi connectivity index (χ1) is 11.5. The van der Waals surface area contributed by atoms with E-state index in [1.54, 1.807) is 25.1 Å². The highest BCUT2D eigenvalue weighted by atomic mass is 16.6. The van der Waals surface area contributed by atoms with E-state index >= 15 is 0 Å². The second-order valence-electron chi connectivity index (χ2n) is 5.02. The highest BCUT2D eigenvalue weighted by molar-refractivity contribution is 5.94. The standard InChI is InChI=1S/C17H18N2O5/c1-3-23-14-8-9-15(16(10-14)19(21)22)18-17(20)11-24-13-6-4-12(2)5-7-13/h4-10H,3,11H2,1-2H3,(H,18,20). The maximum Gasteiger partial charge on any atom is 0.296 e. The molecule has 1 N–H and O–H groups in total. The molecule has 2 aromatic rings. The normalized spacial score (nSPS) is 10.1. The average molecular weight is 330 g/mol. The molecule has 7 heteroatoms. The van der Waals surface area contributed by atoms with Crippen molar-refractivity contribution >= 4 is 17.3 Å². The van der Waals surface area contributed by atoms with Gasteiger partial charge >= 0.3 is 0 Å². The van der Waals surface area contributed by atoms with Gasteiger partial charge in [-0.25, -0.2) is 0 Å². The number of hydrogen-bond acceptors (Lipinski definition) is 5. The lowest BCUT2D eigenvalue weighted by Crippen LogP contribution is -2.20. The van der Waals surface area contributed by atoms with Crippen LogP contribution in [0.1, 0.15) is 12.5 Å². The van der Waals surface area contributed by atoms with Gasteiger partial charge in [0, 0.05) is 0 Å². The number of nitro groups is 1. The summed E-state index contributed by atoms with van der Waals surface area (Å²) in [5.41, 5.74) is 0.947. The minimum absolute atomic E-state index is 0.0981. The van der Waals surface area contributed by atoms with Crippen molar-refractivity contribution < 1.29 is 19.2 Å². The SMILES string of the molecule is CCOc1ccc(NC(=O)COc2ccc(C)cc2)c([N+](=O)[O-])c1. The number of anilines is 1. The van der Waals surface area contributed by atoms with E-state index in [0.29, 0.717) is 18.1 Å². The molecule has 0 saturated heterocycles. The van der Waals surface area contributed by atoms with Crippen LogP contribution in [0.25, 0.3) is 0 Å². The predicted molar refractivity (Wildman–Crippen MR) is 89.6 cm³/mol. The van der Waals surface area contributed by atoms with E-state index in [-0.39, 0.29) is 18.0 Å². The van der Waals surface area contributed by atoms with Crippen molar-refractivity contribution in [1.82, 2.24) is 0 Å². The molecular weight excluding hydrogens is 312 g/mol. The minimum atomic E-state index is -0.570. The van der Waals surface area contributed by atoms with Gasteiger partial charge in [-0.05, 0) is 38.1 Å². The lowest BCUT2D eigenvalue weighted by Gasteiger charge is -2.09. The second kappa shape index (κ2) is 7.96. The Morgan fingerprint density at radius 3 is 2.42 bits per heavy atom. The number of nitro benzene ring substituents is 1. The van der Waals surface area contributed by atoms with Crippen LogP contribution in [0.5, 0.6) is 11.5 Å². The third-order valence-electron chi connectivity index (χ3n) is 3.14. The van der Waals surface area contributed by atoms with E-state index in [1.807, 2.05) is 19.1 Å². The Kier molecular flexibility index (Phi) is 5.73. The Labute approximate surface area is 139 Å². The van der Waals surface area contributed by atoms with Crippen LogP contribution in [-0.4, -0.2) is 24.0 Å². The zero-order valence-electron chi connectivity index (χ0n) is 13.4. The van der Waals surface area contributed by atoms with Crippen LogP contribution >= 0.6 is 0 Å². The van der Waals surface area contributed by atoms with Crippen molar-refractivity contribution in [3.05, 3.63) is 58.1 Å². The molecule has 1 amide bonds. The van der Waals surface area contributed by atoms with Crippen molar-refractivity contribution in [3.63, 3.8) is 0 Å². The number of carbonyl (C=O) groups is 1. The van der Waals surface area contributed by atoms with E-state index in [4.69, 9.17) is 9.47 Å². The summed E-state index contributed by atoms with van der Waals surface area (Å²) in [5, 5.41) is 13.6. The highest BCUT2D eigenvalue weighted by Gasteiger charge is 2.17. The molecule has 0 spiro atoms. The summed E-state index contributed by atoms with van der Waals surface area (Å²) in [6.07, 6.45) is 0. The van der Waals surface area contributed by atoms with E-state index in [2.05, 4.69) is 5.32 Å². The number of carbonyl (C=O) groups excluding carboxylic acids is 1. The van der Waals surface area contributed by atoms with Crippen LogP contribution in [0.4, 0.5) is 11.4 Å². The summed E-state index contributed by atoms with van der Waals surface area (Å²) in [7, 11) is 0. The molecule has 0 atom stereocenters. The van der Waals surface area contributed by atoms with Crippen LogP contribution in [-0.2, 0) is 4.79 Å². The fourth-order valence-corrected chi connectivity index (χ4v) is 1.99. The molecule has 0 aliphatic heterocycles. The van der Waals surface area contributed by atoms with Crippen molar-refractivity contribution in [2.75, 3.05) is 18.5 Å². The topological polar surface area (TPSA) is 90.7 Å². The van der Waals surface area contributed by atoms with E-state index in [1.165, 1.54) is 12.1 Å². The number of hydrogen-bond donors (Lipinski definition) is 1. The Bertz CT molecular complexity index is 728. The van der Waals surface area contributed by atoms with Crippen molar-refractivity contribution in [3.8, 4) is 11.5 Å². The minimum Gasteiger partial charge on any atom is -0.494 e. The fraction of sp³-hybridized carbons (Fsp3) is 0.235. The van der Waals surface area contributed by atoms with Gasteiger partial charge in [0.25, 0.3) is 11.6 Å². The zero-order valence-corrected chi connectivity index (χ0v) is 13.4. The van der Waals surface area contributed by atoms with Crippen molar-refractivity contribution in [2.24, 2.45) is 0 Å². The second-order valence-corrected chi connectivity index (χ2v) is 5.02. The van der Waals surface area contributed by atoms with Crippen molar-refractivity contribution in [2.45, 2.75) is 13.8 Å². The molecule has 0 unspecified atom stereocenters. The number of nitrogens with one attached hydrogen (secondary N) is 1. The quantitative estimate of drug-likeness (QED) is 0.621. The first kappa shape index (κ1) is 17.3. The molecule has 24 heavy (non-hydrogen) atoms. The van der Waals surface area contributed by atoms with Gasteiger partial charge in [0.1, 0.15) is 17.2 Å². The van der Waals surface area contributed by atoms with Crippen LogP contribution < -0.4 is 14.8 Å². The van der Waals surface area contributed by atoms with E-state index < -0.39 is 10.8 Å². The third-order valence-corrected chi connectivity index (χ3v) is 3.14. The molecule has 126 valence electrons. The molecule has 0 aromatic heterocycles. The monoisotopic (exact) mass is 330 g/mol. The van der Waals surface area contributed by atoms with Gasteiger partial charge in [0.05, 0.1) is 17.6 Å². The number of ether oxygens (including phenoxy) is 2. The maximum absolute atomic E-state index is 11.9. The Morgan fingerprint density at radius 1 is 1.12 bits per heavy atom. The summed E-state index contributed by atoms with van der Waals surface area (Å²) in [6, 6.07) is 11.5. The molecule has 2 rings (SSSR count). The zero-order chi connectivity index (χ0) is 17.5. The summed E-state index contributed by atoms with van der Waals surface area (Å²) >= 11 is 0. The van der Waals surface area contributed by atoms with Crippen LogP contribution in [0.15, 0.2) is 42.5 Å². The van der Waals surface area contributed by atoms with E-state index in [0.717, 1.165) is 5.56 Å². The van der Waals surface area contributed by atoms with Gasteiger partial charge in [-0.3, -0.25) is 14.9 Å². The van der Waals surface area contributed by atoms with Crippen LogP contribution in [0, 0.1) is 17.0 Å². The molecule has 0 aliphatic rings. The molecule has 0 saturated carbocycles.